The molecule has 1 rings (SSSR count). The van der Waals surface area contributed by atoms with Crippen molar-refractivity contribution in [2.75, 3.05) is 0 Å². The lowest BCUT2D eigenvalue weighted by Crippen LogP contribution is -2.45. The topological polar surface area (TPSA) is 103 Å². The fourth-order valence-electron chi connectivity index (χ4n) is 0.536. The fraction of sp³-hybridized carbons (Fsp3) is 0.250. The minimum Gasteiger partial charge on any atom is -0.385 e. The van der Waals surface area contributed by atoms with Crippen LogP contribution in [0.5, 0.6) is 0 Å². The van der Waals surface area contributed by atoms with Crippen molar-refractivity contribution in [2.45, 2.75) is 6.04 Å². The van der Waals surface area contributed by atoms with E-state index in [1.54, 1.807) is 0 Å². The van der Waals surface area contributed by atoms with Gasteiger partial charge in [0, 0.05) is 0 Å². The van der Waals surface area contributed by atoms with E-state index in [0.717, 1.165) is 0 Å². The predicted octanol–water partition coefficient (Wildman–Crippen LogP) is -1.67. The Balaban J connectivity index is 2.95. The zero-order valence-corrected chi connectivity index (χ0v) is 5.93. The summed E-state index contributed by atoms with van der Waals surface area (Å²) in [4.78, 5) is 7.55. The highest BCUT2D eigenvalue weighted by Gasteiger charge is 2.17. The number of hydrogen-bond acceptors (Lipinski definition) is 5. The quantitative estimate of drug-likeness (QED) is 0.366. The lowest BCUT2D eigenvalue weighted by Gasteiger charge is -2.12. The van der Waals surface area contributed by atoms with Crippen LogP contribution in [0, 0.1) is 0 Å². The fourth-order valence-corrected chi connectivity index (χ4v) is 0.750. The van der Waals surface area contributed by atoms with Crippen LogP contribution in [-0.2, 0) is 0 Å². The van der Waals surface area contributed by atoms with E-state index in [0.29, 0.717) is 0 Å². The molecule has 54 valence electrons. The largest absolute Gasteiger partial charge is 0.385 e. The third kappa shape index (κ3) is 1.12. The van der Waals surface area contributed by atoms with Crippen molar-refractivity contribution in [1.29, 1.82) is 0 Å². The molecule has 5 nitrogen and oxygen atoms in total. The van der Waals surface area contributed by atoms with Crippen LogP contribution in [-0.4, -0.2) is 22.8 Å². The van der Waals surface area contributed by atoms with Gasteiger partial charge in [0.2, 0.25) is 5.96 Å². The smallest absolute Gasteiger partial charge is 0.222 e. The summed E-state index contributed by atoms with van der Waals surface area (Å²) in [5.41, 5.74) is 16.0. The highest BCUT2D eigenvalue weighted by atomic mass is 32.1. The summed E-state index contributed by atoms with van der Waals surface area (Å²) in [7, 11) is 0. The average molecular weight is 157 g/mol. The predicted molar refractivity (Wildman–Crippen MR) is 43.8 cm³/mol. The second kappa shape index (κ2) is 2.31. The Hall–Kier alpha value is -1.01. The molecule has 0 saturated carbocycles. The van der Waals surface area contributed by atoms with Gasteiger partial charge in [-0.15, -0.1) is 0 Å². The molecular formula is C4H7N5S. The van der Waals surface area contributed by atoms with Gasteiger partial charge in [-0.2, -0.15) is 4.99 Å². The standard InChI is InChI=1S/C4H7N5S/c5-1-2(6)8-4(7)9-3(1)10/h1H,5H2,(H4,6,7,8,9,10). The van der Waals surface area contributed by atoms with Crippen molar-refractivity contribution in [1.82, 2.24) is 0 Å². The summed E-state index contributed by atoms with van der Waals surface area (Å²) in [6.07, 6.45) is 0. The first-order valence-corrected chi connectivity index (χ1v) is 2.99. The van der Waals surface area contributed by atoms with Crippen LogP contribution in [0.2, 0.25) is 0 Å². The van der Waals surface area contributed by atoms with Crippen LogP contribution < -0.4 is 17.2 Å². The van der Waals surface area contributed by atoms with Crippen molar-refractivity contribution in [2.24, 2.45) is 27.2 Å². The van der Waals surface area contributed by atoms with E-state index in [4.69, 9.17) is 29.4 Å². The third-order valence-electron chi connectivity index (χ3n) is 1.05. The van der Waals surface area contributed by atoms with Gasteiger partial charge in [0.05, 0.1) is 0 Å². The number of hydrogen-bond donors (Lipinski definition) is 3. The van der Waals surface area contributed by atoms with Gasteiger partial charge in [0.25, 0.3) is 0 Å². The van der Waals surface area contributed by atoms with E-state index < -0.39 is 6.04 Å². The van der Waals surface area contributed by atoms with Crippen molar-refractivity contribution >= 4 is 29.0 Å². The minimum atomic E-state index is -0.553. The van der Waals surface area contributed by atoms with Crippen LogP contribution >= 0.6 is 12.2 Å². The average Bonchev–Trinajstić information content (AvgIpc) is 1.82. The number of guanidine groups is 1. The second-order valence-electron chi connectivity index (χ2n) is 1.82. The SMILES string of the molecule is NC1=NC(=S)C(N)C(N)=N1. The summed E-state index contributed by atoms with van der Waals surface area (Å²) in [5, 5.41) is 0. The summed E-state index contributed by atoms with van der Waals surface area (Å²) >= 11 is 4.73. The molecule has 6 heteroatoms. The molecule has 0 aromatic carbocycles. The number of aliphatic imine (C=N–C) groups is 2. The number of thiocarbonyl (C=S) groups is 1. The summed E-state index contributed by atoms with van der Waals surface area (Å²) in [6, 6.07) is -0.553. The molecule has 10 heavy (non-hydrogen) atoms. The number of nitrogens with two attached hydrogens (primary N) is 3. The lowest BCUT2D eigenvalue weighted by atomic mass is 10.3. The molecule has 0 aromatic rings. The second-order valence-corrected chi connectivity index (χ2v) is 2.24. The molecule has 0 aromatic heterocycles. The molecule has 1 atom stereocenters. The normalized spacial score (nSPS) is 25.7. The van der Waals surface area contributed by atoms with Crippen LogP contribution in [0.1, 0.15) is 0 Å². The third-order valence-corrected chi connectivity index (χ3v) is 1.40. The first kappa shape index (κ1) is 7.10. The zero-order valence-electron chi connectivity index (χ0n) is 5.11. The van der Waals surface area contributed by atoms with Crippen molar-refractivity contribution in [3.63, 3.8) is 0 Å². The highest BCUT2D eigenvalue weighted by Crippen LogP contribution is 1.95. The van der Waals surface area contributed by atoms with E-state index in [1.165, 1.54) is 0 Å². The lowest BCUT2D eigenvalue weighted by molar-refractivity contribution is 1.10. The Morgan fingerprint density at radius 1 is 1.30 bits per heavy atom. The highest BCUT2D eigenvalue weighted by molar-refractivity contribution is 7.80. The van der Waals surface area contributed by atoms with Crippen LogP contribution in [0.3, 0.4) is 0 Å². The molecule has 0 bridgehead atoms. The van der Waals surface area contributed by atoms with Crippen LogP contribution in [0.15, 0.2) is 9.98 Å². The Labute approximate surface area is 63.0 Å². The van der Waals surface area contributed by atoms with Crippen molar-refractivity contribution in [3.05, 3.63) is 0 Å². The molecule has 0 amide bonds. The molecule has 0 radical (unpaired) electrons. The van der Waals surface area contributed by atoms with E-state index in [2.05, 4.69) is 9.98 Å². The summed E-state index contributed by atoms with van der Waals surface area (Å²) in [5.74, 6) is 0.293. The van der Waals surface area contributed by atoms with Crippen molar-refractivity contribution in [3.8, 4) is 0 Å². The molecule has 1 unspecified atom stereocenters. The number of rotatable bonds is 0. The van der Waals surface area contributed by atoms with Gasteiger partial charge in [0.15, 0.2) is 0 Å². The molecule has 0 spiro atoms. The van der Waals surface area contributed by atoms with Gasteiger partial charge in [-0.1, -0.05) is 12.2 Å². The van der Waals surface area contributed by atoms with Crippen LogP contribution in [0.4, 0.5) is 0 Å². The van der Waals surface area contributed by atoms with Gasteiger partial charge in [0.1, 0.15) is 16.9 Å². The molecule has 1 aliphatic rings. The number of nitrogens with zero attached hydrogens (tertiary/aromatic N) is 2. The Bertz CT molecular complexity index is 230. The zero-order chi connectivity index (χ0) is 7.72. The first-order chi connectivity index (χ1) is 4.61. The Morgan fingerprint density at radius 3 is 2.40 bits per heavy atom. The van der Waals surface area contributed by atoms with Gasteiger partial charge in [-0.05, 0) is 0 Å². The monoisotopic (exact) mass is 157 g/mol. The van der Waals surface area contributed by atoms with E-state index in [-0.39, 0.29) is 16.8 Å². The van der Waals surface area contributed by atoms with Gasteiger partial charge >= 0.3 is 0 Å². The molecular weight excluding hydrogens is 150 g/mol. The maximum Gasteiger partial charge on any atom is 0.222 e. The van der Waals surface area contributed by atoms with Gasteiger partial charge in [-0.25, -0.2) is 4.99 Å². The first-order valence-electron chi connectivity index (χ1n) is 2.59. The minimum absolute atomic E-state index is 0.0733. The molecule has 0 fully saturated rings. The van der Waals surface area contributed by atoms with Crippen LogP contribution in [0.25, 0.3) is 0 Å². The van der Waals surface area contributed by atoms with E-state index >= 15 is 0 Å². The van der Waals surface area contributed by atoms with Crippen molar-refractivity contribution < 1.29 is 0 Å². The summed E-state index contributed by atoms with van der Waals surface area (Å²) in [6.45, 7) is 0. The molecule has 1 aliphatic heterocycles. The van der Waals surface area contributed by atoms with E-state index in [9.17, 15) is 0 Å². The Morgan fingerprint density at radius 2 is 1.90 bits per heavy atom. The molecule has 0 saturated heterocycles. The number of amidine groups is 1. The van der Waals surface area contributed by atoms with E-state index in [1.807, 2.05) is 0 Å². The molecule has 6 N–H and O–H groups in total. The maximum atomic E-state index is 5.42. The Kier molecular flexibility index (Phi) is 1.64. The maximum absolute atomic E-state index is 5.42. The van der Waals surface area contributed by atoms with Gasteiger partial charge in [-0.3, -0.25) is 0 Å². The summed E-state index contributed by atoms with van der Waals surface area (Å²) < 4.78 is 0. The molecule has 0 aliphatic carbocycles. The molecule has 1 heterocycles. The van der Waals surface area contributed by atoms with Gasteiger partial charge < -0.3 is 17.2 Å².